The summed E-state index contributed by atoms with van der Waals surface area (Å²) in [5.41, 5.74) is 1.53. The Morgan fingerprint density at radius 2 is 1.84 bits per heavy atom. The molecule has 2 aromatic carbocycles. The molecule has 132 valence electrons. The Morgan fingerprint density at radius 1 is 1.12 bits per heavy atom. The third-order valence-corrected chi connectivity index (χ3v) is 4.16. The first-order valence-electron chi connectivity index (χ1n) is 8.10. The van der Waals surface area contributed by atoms with Crippen molar-refractivity contribution in [3.05, 3.63) is 59.7 Å². The Morgan fingerprint density at radius 3 is 2.52 bits per heavy atom. The predicted octanol–water partition coefficient (Wildman–Crippen LogP) is 3.63. The van der Waals surface area contributed by atoms with Gasteiger partial charge in [-0.15, -0.1) is 0 Å². The van der Waals surface area contributed by atoms with Crippen LogP contribution >= 0.6 is 0 Å². The summed E-state index contributed by atoms with van der Waals surface area (Å²) >= 11 is 0. The molecule has 5 nitrogen and oxygen atoms in total. The van der Waals surface area contributed by atoms with E-state index in [2.05, 4.69) is 5.32 Å². The number of carboxylic acid groups (broad SMARTS) is 1. The number of anilines is 1. The first-order chi connectivity index (χ1) is 11.8. The van der Waals surface area contributed by atoms with Crippen LogP contribution in [0, 0.1) is 0 Å². The molecule has 0 aliphatic carbocycles. The Bertz CT molecular complexity index is 768. The first-order valence-corrected chi connectivity index (χ1v) is 8.10. The second-order valence-corrected chi connectivity index (χ2v) is 6.37. The molecule has 0 saturated heterocycles. The lowest BCUT2D eigenvalue weighted by Crippen LogP contribution is -2.35. The minimum absolute atomic E-state index is 0.0596. The first kappa shape index (κ1) is 18.5. The number of carbonyl (C=O) groups is 2. The molecule has 0 bridgehead atoms. The number of aryl methyl sites for hydroxylation is 1. The van der Waals surface area contributed by atoms with E-state index in [4.69, 9.17) is 9.84 Å². The number of ether oxygens (including phenoxy) is 1. The van der Waals surface area contributed by atoms with Gasteiger partial charge in [-0.1, -0.05) is 30.3 Å². The number of methoxy groups -OCH3 is 1. The number of amides is 1. The summed E-state index contributed by atoms with van der Waals surface area (Å²) in [7, 11) is 1.58. The summed E-state index contributed by atoms with van der Waals surface area (Å²) in [6.45, 7) is 3.68. The van der Waals surface area contributed by atoms with Gasteiger partial charge in [0.1, 0.15) is 5.75 Å². The van der Waals surface area contributed by atoms with Gasteiger partial charge in [0.15, 0.2) is 0 Å². The van der Waals surface area contributed by atoms with Crippen LogP contribution in [0.3, 0.4) is 0 Å². The number of para-hydroxylation sites is 1. The molecule has 1 amide bonds. The third kappa shape index (κ3) is 4.59. The van der Waals surface area contributed by atoms with Crippen molar-refractivity contribution in [2.24, 2.45) is 0 Å². The van der Waals surface area contributed by atoms with Gasteiger partial charge in [0.05, 0.1) is 12.5 Å². The van der Waals surface area contributed by atoms with E-state index in [1.165, 1.54) is 0 Å². The number of carbonyl (C=O) groups excluding carboxylic acids is 1. The van der Waals surface area contributed by atoms with Gasteiger partial charge in [0.2, 0.25) is 5.91 Å². The number of carboxylic acids is 1. The summed E-state index contributed by atoms with van der Waals surface area (Å²) in [4.78, 5) is 23.5. The number of nitrogens with one attached hydrogen (secondary N) is 1. The van der Waals surface area contributed by atoms with Crippen LogP contribution in [0.5, 0.6) is 5.75 Å². The van der Waals surface area contributed by atoms with Gasteiger partial charge >= 0.3 is 5.97 Å². The largest absolute Gasteiger partial charge is 0.496 e. The molecule has 2 N–H and O–H groups in total. The van der Waals surface area contributed by atoms with E-state index in [1.54, 1.807) is 19.2 Å². The van der Waals surface area contributed by atoms with Crippen molar-refractivity contribution in [2.75, 3.05) is 12.4 Å². The fraction of sp³-hybridized carbons (Fsp3) is 0.300. The fourth-order valence-corrected chi connectivity index (χ4v) is 2.63. The van der Waals surface area contributed by atoms with Crippen molar-refractivity contribution < 1.29 is 19.4 Å². The predicted molar refractivity (Wildman–Crippen MR) is 97.0 cm³/mol. The highest BCUT2D eigenvalue weighted by atomic mass is 16.5. The highest BCUT2D eigenvalue weighted by Crippen LogP contribution is 2.32. The van der Waals surface area contributed by atoms with Crippen LogP contribution in [0.25, 0.3) is 0 Å². The van der Waals surface area contributed by atoms with Gasteiger partial charge in [-0.3, -0.25) is 9.59 Å². The summed E-state index contributed by atoms with van der Waals surface area (Å²) in [5, 5.41) is 11.7. The lowest BCUT2D eigenvalue weighted by Gasteiger charge is -2.26. The maximum Gasteiger partial charge on any atom is 0.303 e. The Labute approximate surface area is 147 Å². The van der Waals surface area contributed by atoms with Gasteiger partial charge in [-0.2, -0.15) is 0 Å². The van der Waals surface area contributed by atoms with Crippen molar-refractivity contribution in [2.45, 2.75) is 32.1 Å². The van der Waals surface area contributed by atoms with E-state index < -0.39 is 11.4 Å². The number of aliphatic carboxylic acids is 1. The maximum absolute atomic E-state index is 12.8. The molecule has 0 heterocycles. The smallest absolute Gasteiger partial charge is 0.303 e. The minimum Gasteiger partial charge on any atom is -0.496 e. The summed E-state index contributed by atoms with van der Waals surface area (Å²) < 4.78 is 5.37. The molecule has 0 aromatic heterocycles. The van der Waals surface area contributed by atoms with E-state index >= 15 is 0 Å². The van der Waals surface area contributed by atoms with Crippen LogP contribution in [0.15, 0.2) is 48.5 Å². The third-order valence-electron chi connectivity index (χ3n) is 4.16. The second-order valence-electron chi connectivity index (χ2n) is 6.37. The molecule has 5 heteroatoms. The number of hydrogen-bond acceptors (Lipinski definition) is 3. The normalized spacial score (nSPS) is 11.0. The second kappa shape index (κ2) is 7.83. The van der Waals surface area contributed by atoms with Crippen molar-refractivity contribution in [3.63, 3.8) is 0 Å². The fourth-order valence-electron chi connectivity index (χ4n) is 2.63. The summed E-state index contributed by atoms with van der Waals surface area (Å²) in [6.07, 6.45) is 0.485. The molecule has 0 radical (unpaired) electrons. The van der Waals surface area contributed by atoms with Gasteiger partial charge in [-0.25, -0.2) is 0 Å². The van der Waals surface area contributed by atoms with Crippen molar-refractivity contribution in [1.82, 2.24) is 0 Å². The van der Waals surface area contributed by atoms with Crippen LogP contribution in [0.4, 0.5) is 5.69 Å². The Balaban J connectivity index is 2.18. The zero-order chi connectivity index (χ0) is 18.4. The SMILES string of the molecule is COc1ccccc1C(C)(C)C(=O)Nc1cccc(CCC(=O)O)c1. The van der Waals surface area contributed by atoms with E-state index in [-0.39, 0.29) is 12.3 Å². The van der Waals surface area contributed by atoms with Crippen molar-refractivity contribution in [3.8, 4) is 5.75 Å². The highest BCUT2D eigenvalue weighted by Gasteiger charge is 2.32. The number of benzene rings is 2. The van der Waals surface area contributed by atoms with Gasteiger partial charge in [0.25, 0.3) is 0 Å². The van der Waals surface area contributed by atoms with E-state index in [0.717, 1.165) is 11.1 Å². The molecule has 0 fully saturated rings. The molecule has 0 aliphatic rings. The van der Waals surface area contributed by atoms with Crippen LogP contribution in [0.2, 0.25) is 0 Å². The standard InChI is InChI=1S/C20H23NO4/c1-20(2,16-9-4-5-10-17(16)25-3)19(24)21-15-8-6-7-14(13-15)11-12-18(22)23/h4-10,13H,11-12H2,1-3H3,(H,21,24)(H,22,23). The average molecular weight is 341 g/mol. The van der Waals surface area contributed by atoms with Gasteiger partial charge in [-0.05, 0) is 44.0 Å². The van der Waals surface area contributed by atoms with Crippen LogP contribution in [0.1, 0.15) is 31.4 Å². The van der Waals surface area contributed by atoms with Crippen molar-refractivity contribution >= 4 is 17.6 Å². The van der Waals surface area contributed by atoms with E-state index in [0.29, 0.717) is 17.9 Å². The summed E-state index contributed by atoms with van der Waals surface area (Å²) in [6, 6.07) is 14.7. The molecule has 0 aliphatic heterocycles. The lowest BCUT2D eigenvalue weighted by molar-refractivity contribution is -0.137. The minimum atomic E-state index is -0.841. The molecule has 0 unspecified atom stereocenters. The van der Waals surface area contributed by atoms with Gasteiger partial charge < -0.3 is 15.2 Å². The lowest BCUT2D eigenvalue weighted by atomic mass is 9.83. The number of rotatable bonds is 7. The van der Waals surface area contributed by atoms with Gasteiger partial charge in [0, 0.05) is 17.7 Å². The molecule has 25 heavy (non-hydrogen) atoms. The Kier molecular flexibility index (Phi) is 5.80. The van der Waals surface area contributed by atoms with E-state index in [1.807, 2.05) is 50.2 Å². The molecule has 0 atom stereocenters. The summed E-state index contributed by atoms with van der Waals surface area (Å²) in [5.74, 6) is -0.336. The van der Waals surface area contributed by atoms with Crippen LogP contribution in [-0.4, -0.2) is 24.1 Å². The average Bonchev–Trinajstić information content (AvgIpc) is 2.60. The molecular weight excluding hydrogens is 318 g/mol. The topological polar surface area (TPSA) is 75.6 Å². The Hall–Kier alpha value is -2.82. The number of hydrogen-bond donors (Lipinski definition) is 2. The zero-order valence-electron chi connectivity index (χ0n) is 14.7. The van der Waals surface area contributed by atoms with E-state index in [9.17, 15) is 9.59 Å². The molecule has 2 rings (SSSR count). The van der Waals surface area contributed by atoms with Crippen LogP contribution < -0.4 is 10.1 Å². The monoisotopic (exact) mass is 341 g/mol. The molecule has 0 saturated carbocycles. The molecule has 2 aromatic rings. The maximum atomic E-state index is 12.8. The quantitative estimate of drug-likeness (QED) is 0.806. The molecule has 0 spiro atoms. The van der Waals surface area contributed by atoms with Crippen molar-refractivity contribution in [1.29, 1.82) is 0 Å². The molecular formula is C20H23NO4. The van der Waals surface area contributed by atoms with Crippen LogP contribution in [-0.2, 0) is 21.4 Å². The highest BCUT2D eigenvalue weighted by molar-refractivity contribution is 5.99. The zero-order valence-corrected chi connectivity index (χ0v) is 14.7.